The van der Waals surface area contributed by atoms with Crippen molar-refractivity contribution < 1.29 is 23.5 Å². The Hall–Kier alpha value is -4.08. The van der Waals surface area contributed by atoms with Crippen molar-refractivity contribution in [1.82, 2.24) is 10.2 Å². The van der Waals surface area contributed by atoms with Gasteiger partial charge in [0, 0.05) is 23.9 Å². The van der Waals surface area contributed by atoms with E-state index in [0.717, 1.165) is 18.7 Å². The molecule has 0 aliphatic heterocycles. The van der Waals surface area contributed by atoms with Gasteiger partial charge < -0.3 is 30.4 Å². The normalized spacial score (nSPS) is 12.4. The summed E-state index contributed by atoms with van der Waals surface area (Å²) in [7, 11) is 0. The van der Waals surface area contributed by atoms with E-state index in [4.69, 9.17) is 14.9 Å². The van der Waals surface area contributed by atoms with Gasteiger partial charge in [0.25, 0.3) is 0 Å². The van der Waals surface area contributed by atoms with Gasteiger partial charge >= 0.3 is 0 Å². The Bertz CT molecular complexity index is 1250. The van der Waals surface area contributed by atoms with E-state index in [0.29, 0.717) is 29.3 Å². The predicted octanol–water partition coefficient (Wildman–Crippen LogP) is 5.79. The molecule has 1 unspecified atom stereocenters. The molecule has 0 aliphatic rings. The highest BCUT2D eigenvalue weighted by Crippen LogP contribution is 2.23. The molecule has 2 amide bonds. The number of rotatable bonds is 16. The number of hydrogen-bond acceptors (Lipinski definition) is 6. The molecule has 0 radical (unpaired) electrons. The lowest BCUT2D eigenvalue weighted by molar-refractivity contribution is -0.127. The van der Waals surface area contributed by atoms with Crippen molar-refractivity contribution in [1.29, 1.82) is 5.41 Å². The molecule has 0 aliphatic carbocycles. The zero-order chi connectivity index (χ0) is 29.6. The Morgan fingerprint density at radius 2 is 1.54 bits per heavy atom. The van der Waals surface area contributed by atoms with E-state index in [2.05, 4.69) is 29.4 Å². The van der Waals surface area contributed by atoms with Gasteiger partial charge in [0.05, 0.1) is 19.6 Å². The van der Waals surface area contributed by atoms with E-state index in [1.54, 1.807) is 24.3 Å². The molecule has 3 rings (SSSR count). The summed E-state index contributed by atoms with van der Waals surface area (Å²) in [6, 6.07) is 21.1. The van der Waals surface area contributed by atoms with E-state index in [-0.39, 0.29) is 31.5 Å². The fourth-order valence-electron chi connectivity index (χ4n) is 4.37. The fraction of sp³-hybridized carbons (Fsp3) is 0.344. The largest absolute Gasteiger partial charge is 0.457 e. The molecular weight excluding hydrogens is 523 g/mol. The van der Waals surface area contributed by atoms with Crippen LogP contribution in [0.2, 0.25) is 0 Å². The maximum absolute atomic E-state index is 13.2. The minimum absolute atomic E-state index is 0.0403. The summed E-state index contributed by atoms with van der Waals surface area (Å²) in [4.78, 5) is 28.3. The number of carbonyl (C=O) groups is 2. The predicted molar refractivity (Wildman–Crippen MR) is 159 cm³/mol. The number of carbonyl (C=O) groups excluding carboxylic acids is 2. The molecule has 8 nitrogen and oxygen atoms in total. The number of hydrogen-bond donors (Lipinski definition) is 3. The smallest absolute Gasteiger partial charge is 0.249 e. The molecule has 0 bridgehead atoms. The van der Waals surface area contributed by atoms with Gasteiger partial charge in [-0.3, -0.25) is 9.59 Å². The Morgan fingerprint density at radius 1 is 0.927 bits per heavy atom. The van der Waals surface area contributed by atoms with Crippen molar-refractivity contribution in [3.05, 3.63) is 90.2 Å². The van der Waals surface area contributed by atoms with E-state index in [1.165, 1.54) is 24.3 Å². The zero-order valence-electron chi connectivity index (χ0n) is 23.9. The molecular formula is C32H39FN4O4. The minimum atomic E-state index is -0.964. The number of nitrogens with zero attached hydrogens (tertiary/aromatic N) is 1. The standard InChI is InChI=1S/C32H39FN4O4/c1-4-37(5-2)23(3)19-26(34)20-31(38)36-30(22-40-21-24-9-7-6-8-10-24)32(39)35-27-13-17-29(18-14-27)41-28-15-11-25(33)12-16-28/h6-18,23,30,34H,4-5,19-22H2,1-3H3,(H,35,39)(H,36,38)/t23?,30-/m0/s1. The highest BCUT2D eigenvalue weighted by Gasteiger charge is 2.23. The van der Waals surface area contributed by atoms with Crippen LogP contribution >= 0.6 is 0 Å². The van der Waals surface area contributed by atoms with Crippen molar-refractivity contribution in [2.45, 2.75) is 52.3 Å². The number of halogens is 1. The lowest BCUT2D eigenvalue weighted by Crippen LogP contribution is -2.47. The van der Waals surface area contributed by atoms with Crippen molar-refractivity contribution in [3.8, 4) is 11.5 Å². The van der Waals surface area contributed by atoms with Crippen LogP contribution in [0, 0.1) is 11.2 Å². The van der Waals surface area contributed by atoms with Crippen LogP contribution in [0.1, 0.15) is 39.2 Å². The van der Waals surface area contributed by atoms with Crippen LogP contribution in [0.4, 0.5) is 10.1 Å². The quantitative estimate of drug-likeness (QED) is 0.192. The molecule has 41 heavy (non-hydrogen) atoms. The second-order valence-corrected chi connectivity index (χ2v) is 9.75. The first-order chi connectivity index (χ1) is 19.8. The van der Waals surface area contributed by atoms with Crippen molar-refractivity contribution in [2.24, 2.45) is 0 Å². The first kappa shape index (κ1) is 31.4. The van der Waals surface area contributed by atoms with E-state index < -0.39 is 17.9 Å². The number of ether oxygens (including phenoxy) is 2. The number of benzene rings is 3. The minimum Gasteiger partial charge on any atom is -0.457 e. The monoisotopic (exact) mass is 562 g/mol. The third-order valence-corrected chi connectivity index (χ3v) is 6.57. The molecule has 3 aromatic carbocycles. The summed E-state index contributed by atoms with van der Waals surface area (Å²) in [5.41, 5.74) is 1.76. The lowest BCUT2D eigenvalue weighted by atomic mass is 10.1. The number of nitrogens with one attached hydrogen (secondary N) is 3. The highest BCUT2D eigenvalue weighted by molar-refractivity contribution is 6.02. The van der Waals surface area contributed by atoms with Gasteiger partial charge in [-0.05, 0) is 74.1 Å². The van der Waals surface area contributed by atoms with Crippen molar-refractivity contribution in [3.63, 3.8) is 0 Å². The second-order valence-electron chi connectivity index (χ2n) is 9.75. The van der Waals surface area contributed by atoms with Gasteiger partial charge in [0.15, 0.2) is 0 Å². The first-order valence-corrected chi connectivity index (χ1v) is 13.8. The molecule has 218 valence electrons. The van der Waals surface area contributed by atoms with Gasteiger partial charge in [-0.15, -0.1) is 0 Å². The van der Waals surface area contributed by atoms with Crippen LogP contribution in [0.15, 0.2) is 78.9 Å². The highest BCUT2D eigenvalue weighted by atomic mass is 19.1. The van der Waals surface area contributed by atoms with Crippen LogP contribution in [-0.2, 0) is 20.9 Å². The van der Waals surface area contributed by atoms with Gasteiger partial charge in [-0.2, -0.15) is 0 Å². The first-order valence-electron chi connectivity index (χ1n) is 13.8. The summed E-state index contributed by atoms with van der Waals surface area (Å²) in [5, 5.41) is 13.9. The zero-order valence-corrected chi connectivity index (χ0v) is 23.9. The van der Waals surface area contributed by atoms with Crippen LogP contribution in [0.25, 0.3) is 0 Å². The third-order valence-electron chi connectivity index (χ3n) is 6.57. The Kier molecular flexibility index (Phi) is 12.5. The average molecular weight is 563 g/mol. The van der Waals surface area contributed by atoms with E-state index >= 15 is 0 Å². The summed E-state index contributed by atoms with van der Waals surface area (Å²) in [6.45, 7) is 8.18. The molecule has 0 aromatic heterocycles. The fourth-order valence-corrected chi connectivity index (χ4v) is 4.37. The SMILES string of the molecule is CCN(CC)C(C)CC(=N)CC(=O)N[C@@H](COCc1ccccc1)C(=O)Nc1ccc(Oc2ccc(F)cc2)cc1. The summed E-state index contributed by atoms with van der Waals surface area (Å²) in [6.07, 6.45) is 0.381. The lowest BCUT2D eigenvalue weighted by Gasteiger charge is -2.26. The Labute approximate surface area is 241 Å². The van der Waals surface area contributed by atoms with Gasteiger partial charge in [-0.25, -0.2) is 4.39 Å². The average Bonchev–Trinajstić information content (AvgIpc) is 2.96. The maximum Gasteiger partial charge on any atom is 0.249 e. The topological polar surface area (TPSA) is 104 Å². The molecule has 2 atom stereocenters. The van der Waals surface area contributed by atoms with Crippen molar-refractivity contribution >= 4 is 23.2 Å². The molecule has 0 heterocycles. The van der Waals surface area contributed by atoms with Gasteiger partial charge in [-0.1, -0.05) is 44.2 Å². The Morgan fingerprint density at radius 3 is 2.15 bits per heavy atom. The van der Waals surface area contributed by atoms with Crippen molar-refractivity contribution in [2.75, 3.05) is 25.0 Å². The summed E-state index contributed by atoms with van der Waals surface area (Å²) in [5.74, 6) is -0.201. The van der Waals surface area contributed by atoms with E-state index in [1.807, 2.05) is 37.3 Å². The van der Waals surface area contributed by atoms with Crippen LogP contribution in [0.3, 0.4) is 0 Å². The number of amides is 2. The van der Waals surface area contributed by atoms with Crippen LogP contribution in [-0.4, -0.2) is 54.2 Å². The van der Waals surface area contributed by atoms with E-state index in [9.17, 15) is 14.0 Å². The van der Waals surface area contributed by atoms with Crippen LogP contribution in [0.5, 0.6) is 11.5 Å². The van der Waals surface area contributed by atoms with Gasteiger partial charge in [0.2, 0.25) is 11.8 Å². The second kappa shape index (κ2) is 16.2. The van der Waals surface area contributed by atoms with Crippen LogP contribution < -0.4 is 15.4 Å². The maximum atomic E-state index is 13.2. The third kappa shape index (κ3) is 10.8. The molecule has 3 N–H and O–H groups in total. The van der Waals surface area contributed by atoms with Gasteiger partial charge in [0.1, 0.15) is 23.4 Å². The molecule has 0 fully saturated rings. The molecule has 0 saturated heterocycles. The molecule has 9 heteroatoms. The Balaban J connectivity index is 1.60. The summed E-state index contributed by atoms with van der Waals surface area (Å²) >= 11 is 0. The number of anilines is 1. The molecule has 0 spiro atoms. The molecule has 0 saturated carbocycles. The molecule has 3 aromatic rings. The summed E-state index contributed by atoms with van der Waals surface area (Å²) < 4.78 is 24.6.